The minimum Gasteiger partial charge on any atom is -0.375 e. The first-order valence-electron chi connectivity index (χ1n) is 10.1. The fourth-order valence-corrected chi connectivity index (χ4v) is 4.29. The number of carbonyl (C=O) groups is 2. The molecule has 5 nitrogen and oxygen atoms in total. The topological polar surface area (TPSA) is 49.9 Å². The highest BCUT2D eigenvalue weighted by molar-refractivity contribution is 5.85. The number of amides is 2. The highest BCUT2D eigenvalue weighted by Gasteiger charge is 2.48. The fourth-order valence-electron chi connectivity index (χ4n) is 4.29. The van der Waals surface area contributed by atoms with Crippen LogP contribution in [0.5, 0.6) is 0 Å². The van der Waals surface area contributed by atoms with Crippen LogP contribution in [0, 0.1) is 24.7 Å². The van der Waals surface area contributed by atoms with E-state index in [1.165, 1.54) is 0 Å². The average molecular weight is 365 g/mol. The predicted molar refractivity (Wildman–Crippen MR) is 104 cm³/mol. The Bertz CT molecular complexity index is 477. The fraction of sp³-hybridized carbons (Fsp3) is 0.810. The number of likely N-dealkylation sites (tertiary alicyclic amines) is 2. The Labute approximate surface area is 159 Å². The van der Waals surface area contributed by atoms with Gasteiger partial charge in [-0.1, -0.05) is 27.2 Å². The summed E-state index contributed by atoms with van der Waals surface area (Å²) < 4.78 is 5.99. The number of nitrogens with zero attached hydrogens (tertiary/aromatic N) is 2. The molecule has 4 unspecified atom stereocenters. The third-order valence-electron chi connectivity index (χ3n) is 5.63. The van der Waals surface area contributed by atoms with E-state index >= 15 is 0 Å². The van der Waals surface area contributed by atoms with Crippen molar-refractivity contribution in [2.75, 3.05) is 26.2 Å². The summed E-state index contributed by atoms with van der Waals surface area (Å²) in [6.07, 6.45) is 13.2. The summed E-state index contributed by atoms with van der Waals surface area (Å²) in [7, 11) is 0. The highest BCUT2D eigenvalue weighted by Crippen LogP contribution is 2.39. The Morgan fingerprint density at radius 3 is 2.46 bits per heavy atom. The summed E-state index contributed by atoms with van der Waals surface area (Å²) in [5.41, 5.74) is 0. The standard InChI is InChI=1S/C17H28N2O3.C2H6.C2H2/c1-3-15-14-10-19(9-13(14)12(2)22-15)17(21)11-18-8-6-4-5-7-16(18)20;2*1-2/h12-15H,3-11H2,1-2H3;1-2H3;1-2H. The van der Waals surface area contributed by atoms with Crippen molar-refractivity contribution in [3.63, 3.8) is 0 Å². The molecule has 3 fully saturated rings. The van der Waals surface area contributed by atoms with E-state index in [0.29, 0.717) is 18.3 Å². The second-order valence-corrected chi connectivity index (χ2v) is 7.04. The van der Waals surface area contributed by atoms with Gasteiger partial charge in [0.05, 0.1) is 18.8 Å². The first kappa shape index (κ1) is 22.5. The zero-order chi connectivity index (χ0) is 19.7. The predicted octanol–water partition coefficient (Wildman–Crippen LogP) is 2.94. The normalized spacial score (nSPS) is 30.5. The summed E-state index contributed by atoms with van der Waals surface area (Å²) >= 11 is 0. The molecule has 3 saturated heterocycles. The maximum absolute atomic E-state index is 12.6. The van der Waals surface area contributed by atoms with Crippen molar-refractivity contribution >= 4 is 11.8 Å². The molecule has 26 heavy (non-hydrogen) atoms. The first-order valence-corrected chi connectivity index (χ1v) is 10.1. The third kappa shape index (κ3) is 5.23. The number of rotatable bonds is 3. The van der Waals surface area contributed by atoms with E-state index in [1.807, 2.05) is 18.7 Å². The van der Waals surface area contributed by atoms with E-state index < -0.39 is 0 Å². The van der Waals surface area contributed by atoms with Crippen LogP contribution in [-0.4, -0.2) is 60.0 Å². The van der Waals surface area contributed by atoms with Gasteiger partial charge in [-0.3, -0.25) is 9.59 Å². The molecule has 0 N–H and O–H groups in total. The van der Waals surface area contributed by atoms with Crippen LogP contribution in [0.25, 0.3) is 0 Å². The summed E-state index contributed by atoms with van der Waals surface area (Å²) in [6.45, 7) is 10.9. The summed E-state index contributed by atoms with van der Waals surface area (Å²) in [5.74, 6) is 1.21. The molecular weight excluding hydrogens is 328 g/mol. The molecule has 2 amide bonds. The lowest BCUT2D eigenvalue weighted by Crippen LogP contribution is -2.42. The van der Waals surface area contributed by atoms with Gasteiger partial charge in [-0.2, -0.15) is 0 Å². The average Bonchev–Trinajstić information content (AvgIpc) is 3.17. The molecule has 3 aliphatic heterocycles. The second kappa shape index (κ2) is 11.2. The van der Waals surface area contributed by atoms with Crippen molar-refractivity contribution in [1.29, 1.82) is 0 Å². The lowest BCUT2D eigenvalue weighted by atomic mass is 9.90. The zero-order valence-electron chi connectivity index (χ0n) is 16.9. The molecule has 3 aliphatic rings. The monoisotopic (exact) mass is 364 g/mol. The van der Waals surface area contributed by atoms with Gasteiger partial charge in [-0.05, 0) is 26.2 Å². The van der Waals surface area contributed by atoms with Crippen LogP contribution >= 0.6 is 0 Å². The molecule has 0 aromatic rings. The Morgan fingerprint density at radius 1 is 1.15 bits per heavy atom. The highest BCUT2D eigenvalue weighted by atomic mass is 16.5. The molecule has 5 heteroatoms. The number of hydrogen-bond acceptors (Lipinski definition) is 3. The number of carbonyl (C=O) groups excluding carboxylic acids is 2. The van der Waals surface area contributed by atoms with Crippen LogP contribution < -0.4 is 0 Å². The van der Waals surface area contributed by atoms with Gasteiger partial charge in [0.15, 0.2) is 0 Å². The van der Waals surface area contributed by atoms with E-state index in [2.05, 4.69) is 26.7 Å². The van der Waals surface area contributed by atoms with Gasteiger partial charge in [-0.15, -0.1) is 12.8 Å². The minimum absolute atomic E-state index is 0.117. The number of fused-ring (bicyclic) bond motifs is 1. The third-order valence-corrected chi connectivity index (χ3v) is 5.63. The van der Waals surface area contributed by atoms with Crippen LogP contribution in [0.4, 0.5) is 0 Å². The van der Waals surface area contributed by atoms with Crippen molar-refractivity contribution in [3.05, 3.63) is 0 Å². The first-order chi connectivity index (χ1) is 12.6. The Hall–Kier alpha value is -1.54. The minimum atomic E-state index is 0.117. The Kier molecular flexibility index (Phi) is 9.72. The van der Waals surface area contributed by atoms with Crippen molar-refractivity contribution < 1.29 is 14.3 Å². The van der Waals surface area contributed by atoms with Crippen molar-refractivity contribution in [2.45, 2.75) is 72.0 Å². The Balaban J connectivity index is 0.000000791. The van der Waals surface area contributed by atoms with E-state index in [0.717, 1.165) is 45.3 Å². The van der Waals surface area contributed by atoms with E-state index in [1.54, 1.807) is 4.90 Å². The van der Waals surface area contributed by atoms with Gasteiger partial charge in [0.2, 0.25) is 11.8 Å². The van der Waals surface area contributed by atoms with Gasteiger partial charge < -0.3 is 14.5 Å². The quantitative estimate of drug-likeness (QED) is 0.724. The van der Waals surface area contributed by atoms with Crippen LogP contribution in [0.1, 0.15) is 59.8 Å². The molecule has 0 saturated carbocycles. The molecule has 0 aliphatic carbocycles. The zero-order valence-corrected chi connectivity index (χ0v) is 16.9. The molecule has 0 aromatic carbocycles. The molecule has 0 bridgehead atoms. The molecule has 148 valence electrons. The second-order valence-electron chi connectivity index (χ2n) is 7.04. The van der Waals surface area contributed by atoms with Gasteiger partial charge in [0.1, 0.15) is 0 Å². The lowest BCUT2D eigenvalue weighted by Gasteiger charge is -2.25. The van der Waals surface area contributed by atoms with E-state index in [-0.39, 0.29) is 30.6 Å². The summed E-state index contributed by atoms with van der Waals surface area (Å²) in [6, 6.07) is 0. The number of hydrogen-bond donors (Lipinski definition) is 0. The Morgan fingerprint density at radius 2 is 1.81 bits per heavy atom. The maximum Gasteiger partial charge on any atom is 0.242 e. The number of terminal acetylenes is 1. The van der Waals surface area contributed by atoms with Crippen molar-refractivity contribution in [2.24, 2.45) is 11.8 Å². The smallest absolute Gasteiger partial charge is 0.242 e. The van der Waals surface area contributed by atoms with E-state index in [9.17, 15) is 9.59 Å². The number of ether oxygens (including phenoxy) is 1. The van der Waals surface area contributed by atoms with Gasteiger partial charge in [0.25, 0.3) is 0 Å². The summed E-state index contributed by atoms with van der Waals surface area (Å²) in [5, 5.41) is 0. The van der Waals surface area contributed by atoms with Crippen LogP contribution in [0.15, 0.2) is 0 Å². The molecule has 0 radical (unpaired) electrons. The van der Waals surface area contributed by atoms with E-state index in [4.69, 9.17) is 4.74 Å². The van der Waals surface area contributed by atoms with Gasteiger partial charge in [0, 0.05) is 37.9 Å². The van der Waals surface area contributed by atoms with Crippen molar-refractivity contribution in [3.8, 4) is 12.8 Å². The lowest BCUT2D eigenvalue weighted by molar-refractivity contribution is -0.140. The summed E-state index contributed by atoms with van der Waals surface area (Å²) in [4.78, 5) is 28.4. The largest absolute Gasteiger partial charge is 0.375 e. The van der Waals surface area contributed by atoms with Crippen LogP contribution in [-0.2, 0) is 14.3 Å². The van der Waals surface area contributed by atoms with Crippen LogP contribution in [0.3, 0.4) is 0 Å². The molecular formula is C21H36N2O3. The van der Waals surface area contributed by atoms with Crippen molar-refractivity contribution in [1.82, 2.24) is 9.80 Å². The molecule has 0 spiro atoms. The van der Waals surface area contributed by atoms with Gasteiger partial charge in [-0.25, -0.2) is 0 Å². The molecule has 0 aromatic heterocycles. The van der Waals surface area contributed by atoms with Crippen LogP contribution in [0.2, 0.25) is 0 Å². The maximum atomic E-state index is 12.6. The molecule has 3 rings (SSSR count). The van der Waals surface area contributed by atoms with Gasteiger partial charge >= 0.3 is 0 Å². The SMILES string of the molecule is C#C.CC.CCC1OC(C)C2CN(C(=O)CN3CCCCCC3=O)CC12. The molecule has 4 atom stereocenters. The molecule has 3 heterocycles.